The van der Waals surface area contributed by atoms with Crippen LogP contribution in [0.3, 0.4) is 0 Å². The van der Waals surface area contributed by atoms with Gasteiger partial charge in [0.25, 0.3) is 0 Å². The highest BCUT2D eigenvalue weighted by molar-refractivity contribution is 7.89. The molecule has 0 saturated heterocycles. The topological polar surface area (TPSA) is 113 Å². The number of hydrogen-bond acceptors (Lipinski definition) is 4. The maximum atomic E-state index is 11.9. The molecule has 120 valence electrons. The molecule has 1 aliphatic rings. The number of sulfonamides is 1. The highest BCUT2D eigenvalue weighted by Crippen LogP contribution is 2.39. The van der Waals surface area contributed by atoms with Crippen LogP contribution in [0.15, 0.2) is 29.2 Å². The second kappa shape index (κ2) is 6.45. The van der Waals surface area contributed by atoms with Crippen molar-refractivity contribution in [2.24, 2.45) is 11.8 Å². The average molecular weight is 326 g/mol. The van der Waals surface area contributed by atoms with E-state index < -0.39 is 27.8 Å². The van der Waals surface area contributed by atoms with Gasteiger partial charge in [0.15, 0.2) is 0 Å². The Balaban J connectivity index is 1.98. The van der Waals surface area contributed by atoms with E-state index in [0.717, 1.165) is 0 Å². The second-order valence-electron chi connectivity index (χ2n) is 5.20. The van der Waals surface area contributed by atoms with Crippen LogP contribution >= 0.6 is 0 Å². The van der Waals surface area contributed by atoms with Gasteiger partial charge in [0, 0.05) is 12.2 Å². The molecule has 22 heavy (non-hydrogen) atoms. The van der Waals surface area contributed by atoms with Crippen molar-refractivity contribution in [2.75, 3.05) is 11.9 Å². The SMILES string of the molecule is CCCNS(=O)(=O)c1ccc(NC(=O)[C@@H]2C[C@H]2C(=O)O)cc1. The monoisotopic (exact) mass is 326 g/mol. The van der Waals surface area contributed by atoms with Gasteiger partial charge in [-0.25, -0.2) is 13.1 Å². The molecular formula is C14H18N2O5S. The van der Waals surface area contributed by atoms with E-state index >= 15 is 0 Å². The lowest BCUT2D eigenvalue weighted by atomic mass is 10.2. The van der Waals surface area contributed by atoms with Crippen molar-refractivity contribution in [3.63, 3.8) is 0 Å². The van der Waals surface area contributed by atoms with Crippen LogP contribution < -0.4 is 10.0 Å². The highest BCUT2D eigenvalue weighted by Gasteiger charge is 2.48. The minimum Gasteiger partial charge on any atom is -0.481 e. The molecule has 2 atom stereocenters. The quantitative estimate of drug-likeness (QED) is 0.693. The molecular weight excluding hydrogens is 308 g/mol. The molecule has 1 aromatic rings. The van der Waals surface area contributed by atoms with E-state index in [9.17, 15) is 18.0 Å². The minimum absolute atomic E-state index is 0.119. The summed E-state index contributed by atoms with van der Waals surface area (Å²) in [4.78, 5) is 22.6. The number of hydrogen-bond donors (Lipinski definition) is 3. The van der Waals surface area contributed by atoms with Crippen molar-refractivity contribution in [2.45, 2.75) is 24.7 Å². The van der Waals surface area contributed by atoms with Crippen LogP contribution in [-0.2, 0) is 19.6 Å². The Kier molecular flexibility index (Phi) is 4.82. The molecule has 0 heterocycles. The molecule has 1 amide bonds. The van der Waals surface area contributed by atoms with E-state index in [1.165, 1.54) is 24.3 Å². The lowest BCUT2D eigenvalue weighted by Gasteiger charge is -2.08. The highest BCUT2D eigenvalue weighted by atomic mass is 32.2. The summed E-state index contributed by atoms with van der Waals surface area (Å²) < 4.78 is 26.2. The molecule has 7 nitrogen and oxygen atoms in total. The first kappa shape index (κ1) is 16.4. The van der Waals surface area contributed by atoms with Crippen LogP contribution in [0.1, 0.15) is 19.8 Å². The van der Waals surface area contributed by atoms with Gasteiger partial charge in [0.05, 0.1) is 16.7 Å². The summed E-state index contributed by atoms with van der Waals surface area (Å²) in [6.07, 6.45) is 1.04. The van der Waals surface area contributed by atoms with Gasteiger partial charge in [0.2, 0.25) is 15.9 Å². The van der Waals surface area contributed by atoms with E-state index in [4.69, 9.17) is 5.11 Å². The number of amides is 1. The van der Waals surface area contributed by atoms with Gasteiger partial charge in [-0.05, 0) is 37.1 Å². The third kappa shape index (κ3) is 3.83. The van der Waals surface area contributed by atoms with Crippen molar-refractivity contribution < 1.29 is 23.1 Å². The zero-order chi connectivity index (χ0) is 16.3. The zero-order valence-electron chi connectivity index (χ0n) is 12.1. The minimum atomic E-state index is -3.53. The number of benzene rings is 1. The summed E-state index contributed by atoms with van der Waals surface area (Å²) in [6, 6.07) is 5.76. The normalized spacial score (nSPS) is 20.4. The van der Waals surface area contributed by atoms with Crippen LogP contribution in [0.25, 0.3) is 0 Å². The number of rotatable bonds is 7. The molecule has 0 unspecified atom stereocenters. The van der Waals surface area contributed by atoms with Crippen molar-refractivity contribution in [3.05, 3.63) is 24.3 Å². The maximum Gasteiger partial charge on any atom is 0.307 e. The first-order chi connectivity index (χ1) is 10.3. The standard InChI is InChI=1S/C14H18N2O5S/c1-2-7-15-22(20,21)10-5-3-9(4-6-10)16-13(17)11-8-12(11)14(18)19/h3-6,11-12,15H,2,7-8H2,1H3,(H,16,17)(H,18,19)/t11-,12-/m1/s1. The average Bonchev–Trinajstić information content (AvgIpc) is 3.26. The van der Waals surface area contributed by atoms with Gasteiger partial charge in [-0.3, -0.25) is 9.59 Å². The van der Waals surface area contributed by atoms with Crippen LogP contribution in [0.4, 0.5) is 5.69 Å². The first-order valence-electron chi connectivity index (χ1n) is 6.98. The number of anilines is 1. The van der Waals surface area contributed by atoms with Gasteiger partial charge >= 0.3 is 5.97 Å². The molecule has 0 aliphatic heterocycles. The van der Waals surface area contributed by atoms with Crippen LogP contribution in [0.2, 0.25) is 0 Å². The van der Waals surface area contributed by atoms with E-state index in [-0.39, 0.29) is 10.8 Å². The molecule has 1 aromatic carbocycles. The number of aliphatic carboxylic acids is 1. The van der Waals surface area contributed by atoms with Gasteiger partial charge in [-0.15, -0.1) is 0 Å². The lowest BCUT2D eigenvalue weighted by molar-refractivity contribution is -0.139. The summed E-state index contributed by atoms with van der Waals surface area (Å²) in [5.41, 5.74) is 0.440. The molecule has 8 heteroatoms. The molecule has 1 aliphatic carbocycles. The Hall–Kier alpha value is -1.93. The van der Waals surface area contributed by atoms with Crippen LogP contribution in [0.5, 0.6) is 0 Å². The van der Waals surface area contributed by atoms with Gasteiger partial charge in [-0.2, -0.15) is 0 Å². The van der Waals surface area contributed by atoms with E-state index in [1.54, 1.807) is 0 Å². The summed E-state index contributed by atoms with van der Waals surface area (Å²) in [7, 11) is -3.53. The first-order valence-corrected chi connectivity index (χ1v) is 8.47. The smallest absolute Gasteiger partial charge is 0.307 e. The molecule has 0 spiro atoms. The Labute approximate surface area is 128 Å². The predicted molar refractivity (Wildman–Crippen MR) is 79.8 cm³/mol. The Morgan fingerprint density at radius 3 is 2.36 bits per heavy atom. The lowest BCUT2D eigenvalue weighted by Crippen LogP contribution is -2.24. The number of carbonyl (C=O) groups is 2. The molecule has 3 N–H and O–H groups in total. The molecule has 0 aromatic heterocycles. The Bertz CT molecular complexity index is 669. The van der Waals surface area contributed by atoms with Crippen molar-refractivity contribution in [1.82, 2.24) is 4.72 Å². The zero-order valence-corrected chi connectivity index (χ0v) is 12.9. The molecule has 2 rings (SSSR count). The fourth-order valence-corrected chi connectivity index (χ4v) is 3.16. The number of carboxylic acids is 1. The summed E-state index contributed by atoms with van der Waals surface area (Å²) >= 11 is 0. The third-order valence-corrected chi connectivity index (χ3v) is 4.90. The second-order valence-corrected chi connectivity index (χ2v) is 6.97. The van der Waals surface area contributed by atoms with Crippen LogP contribution in [-0.4, -0.2) is 31.9 Å². The largest absolute Gasteiger partial charge is 0.481 e. The molecule has 1 fully saturated rings. The molecule has 0 bridgehead atoms. The molecule has 1 saturated carbocycles. The third-order valence-electron chi connectivity index (χ3n) is 3.42. The van der Waals surface area contributed by atoms with E-state index in [2.05, 4.69) is 10.0 Å². The summed E-state index contributed by atoms with van der Waals surface area (Å²) in [5, 5.41) is 11.4. The van der Waals surface area contributed by atoms with E-state index in [0.29, 0.717) is 25.1 Å². The maximum absolute atomic E-state index is 11.9. The fourth-order valence-electron chi connectivity index (χ4n) is 2.03. The van der Waals surface area contributed by atoms with Crippen molar-refractivity contribution >= 4 is 27.6 Å². The number of nitrogens with one attached hydrogen (secondary N) is 2. The Morgan fingerprint density at radius 1 is 1.23 bits per heavy atom. The predicted octanol–water partition coefficient (Wildman–Crippen LogP) is 1.03. The van der Waals surface area contributed by atoms with Gasteiger partial charge < -0.3 is 10.4 Å². The van der Waals surface area contributed by atoms with E-state index in [1.807, 2.05) is 6.92 Å². The molecule has 0 radical (unpaired) electrons. The summed E-state index contributed by atoms with van der Waals surface area (Å²) in [5.74, 6) is -2.44. The Morgan fingerprint density at radius 2 is 1.86 bits per heavy atom. The number of carboxylic acid groups (broad SMARTS) is 1. The van der Waals surface area contributed by atoms with Gasteiger partial charge in [-0.1, -0.05) is 6.92 Å². The summed E-state index contributed by atoms with van der Waals surface area (Å²) in [6.45, 7) is 2.22. The van der Waals surface area contributed by atoms with Crippen molar-refractivity contribution in [3.8, 4) is 0 Å². The van der Waals surface area contributed by atoms with Gasteiger partial charge in [0.1, 0.15) is 0 Å². The van der Waals surface area contributed by atoms with Crippen molar-refractivity contribution in [1.29, 1.82) is 0 Å². The fraction of sp³-hybridized carbons (Fsp3) is 0.429. The van der Waals surface area contributed by atoms with Crippen LogP contribution in [0, 0.1) is 11.8 Å². The number of carbonyl (C=O) groups excluding carboxylic acids is 1.